The van der Waals surface area contributed by atoms with E-state index in [9.17, 15) is 0 Å². The Morgan fingerprint density at radius 3 is 2.82 bits per heavy atom. The third-order valence-corrected chi connectivity index (χ3v) is 4.10. The summed E-state index contributed by atoms with van der Waals surface area (Å²) in [6, 6.07) is 5.44. The van der Waals surface area contributed by atoms with Gasteiger partial charge in [-0.2, -0.15) is 9.47 Å². The van der Waals surface area contributed by atoms with E-state index in [2.05, 4.69) is 37.3 Å². The standard InChI is InChI=1S/C13H11ClN6S2/c1-7-11(16-17-13-15-8(2)19-22-13)6-20(18-7)12-5-9(21)3-4-10(12)14/h3-6,21H,1-2H3. The van der Waals surface area contributed by atoms with Crippen molar-refractivity contribution in [2.24, 2.45) is 10.2 Å². The van der Waals surface area contributed by atoms with Crippen LogP contribution >= 0.6 is 35.8 Å². The van der Waals surface area contributed by atoms with E-state index in [0.29, 0.717) is 21.7 Å². The lowest BCUT2D eigenvalue weighted by Gasteiger charge is -2.04. The predicted octanol–water partition coefficient (Wildman–Crippen LogP) is 4.70. The van der Waals surface area contributed by atoms with Gasteiger partial charge in [0.05, 0.1) is 22.6 Å². The second kappa shape index (κ2) is 6.15. The third-order valence-electron chi connectivity index (χ3n) is 2.81. The maximum atomic E-state index is 6.20. The Morgan fingerprint density at radius 1 is 1.27 bits per heavy atom. The summed E-state index contributed by atoms with van der Waals surface area (Å²) in [5.41, 5.74) is 2.13. The van der Waals surface area contributed by atoms with Crippen molar-refractivity contribution in [1.29, 1.82) is 0 Å². The fraction of sp³-hybridized carbons (Fsp3) is 0.154. The molecule has 0 bridgehead atoms. The summed E-state index contributed by atoms with van der Waals surface area (Å²) in [6.45, 7) is 3.67. The monoisotopic (exact) mass is 350 g/mol. The van der Waals surface area contributed by atoms with Crippen LogP contribution in [-0.2, 0) is 0 Å². The molecule has 0 aliphatic heterocycles. The van der Waals surface area contributed by atoms with Crippen LogP contribution in [0, 0.1) is 13.8 Å². The van der Waals surface area contributed by atoms with Crippen molar-refractivity contribution in [1.82, 2.24) is 19.1 Å². The van der Waals surface area contributed by atoms with Gasteiger partial charge in [0.25, 0.3) is 0 Å². The number of aromatic nitrogens is 4. The predicted molar refractivity (Wildman–Crippen MR) is 89.4 cm³/mol. The molecule has 0 spiro atoms. The van der Waals surface area contributed by atoms with E-state index in [-0.39, 0.29) is 0 Å². The number of aryl methyl sites for hydroxylation is 2. The second-order valence-electron chi connectivity index (χ2n) is 4.50. The number of rotatable bonds is 3. The minimum Gasteiger partial charge on any atom is -0.237 e. The highest BCUT2D eigenvalue weighted by atomic mass is 35.5. The molecule has 22 heavy (non-hydrogen) atoms. The fourth-order valence-corrected chi connectivity index (χ4v) is 2.68. The van der Waals surface area contributed by atoms with Gasteiger partial charge < -0.3 is 0 Å². The van der Waals surface area contributed by atoms with Gasteiger partial charge in [-0.1, -0.05) is 11.6 Å². The lowest BCUT2D eigenvalue weighted by atomic mass is 10.3. The Labute approximate surface area is 141 Å². The molecule has 0 saturated carbocycles. The largest absolute Gasteiger partial charge is 0.249 e. The van der Waals surface area contributed by atoms with Gasteiger partial charge in [-0.15, -0.1) is 22.9 Å². The van der Waals surface area contributed by atoms with Crippen LogP contribution in [0.4, 0.5) is 10.8 Å². The number of hydrogen-bond acceptors (Lipinski definition) is 7. The van der Waals surface area contributed by atoms with Gasteiger partial charge in [-0.3, -0.25) is 0 Å². The zero-order valence-corrected chi connectivity index (χ0v) is 14.2. The molecular formula is C13H11ClN6S2. The molecule has 0 N–H and O–H groups in total. The van der Waals surface area contributed by atoms with E-state index in [1.165, 1.54) is 11.5 Å². The van der Waals surface area contributed by atoms with Crippen LogP contribution in [0.25, 0.3) is 5.69 Å². The Bertz CT molecular complexity index is 854. The van der Waals surface area contributed by atoms with E-state index < -0.39 is 0 Å². The van der Waals surface area contributed by atoms with E-state index in [1.807, 2.05) is 26.0 Å². The number of azo groups is 1. The van der Waals surface area contributed by atoms with E-state index in [4.69, 9.17) is 11.6 Å². The van der Waals surface area contributed by atoms with E-state index in [0.717, 1.165) is 16.3 Å². The summed E-state index contributed by atoms with van der Waals surface area (Å²) in [7, 11) is 0. The fourth-order valence-electron chi connectivity index (χ4n) is 1.77. The highest BCUT2D eigenvalue weighted by molar-refractivity contribution is 7.80. The molecule has 0 amide bonds. The summed E-state index contributed by atoms with van der Waals surface area (Å²) < 4.78 is 5.72. The first-order valence-corrected chi connectivity index (χ1v) is 7.90. The van der Waals surface area contributed by atoms with Gasteiger partial charge in [0.15, 0.2) is 0 Å². The van der Waals surface area contributed by atoms with Crippen molar-refractivity contribution in [3.8, 4) is 5.69 Å². The van der Waals surface area contributed by atoms with Crippen LogP contribution in [0.1, 0.15) is 11.5 Å². The van der Waals surface area contributed by atoms with Crippen LogP contribution in [0.15, 0.2) is 39.5 Å². The van der Waals surface area contributed by atoms with Crippen molar-refractivity contribution in [3.63, 3.8) is 0 Å². The van der Waals surface area contributed by atoms with Crippen molar-refractivity contribution in [2.75, 3.05) is 0 Å². The molecule has 9 heteroatoms. The zero-order chi connectivity index (χ0) is 15.7. The van der Waals surface area contributed by atoms with Gasteiger partial charge in [0.2, 0.25) is 5.13 Å². The second-order valence-corrected chi connectivity index (χ2v) is 6.16. The number of benzene rings is 1. The van der Waals surface area contributed by atoms with Crippen molar-refractivity contribution < 1.29 is 0 Å². The molecule has 0 aliphatic rings. The number of halogens is 1. The Kier molecular flexibility index (Phi) is 4.23. The molecule has 3 aromatic rings. The Hall–Kier alpha value is -1.77. The zero-order valence-electron chi connectivity index (χ0n) is 11.7. The molecule has 0 fully saturated rings. The lowest BCUT2D eigenvalue weighted by Crippen LogP contribution is -1.95. The highest BCUT2D eigenvalue weighted by Gasteiger charge is 2.09. The molecule has 1 aromatic carbocycles. The number of hydrogen-bond donors (Lipinski definition) is 1. The molecule has 0 unspecified atom stereocenters. The molecular weight excluding hydrogens is 340 g/mol. The highest BCUT2D eigenvalue weighted by Crippen LogP contribution is 2.27. The smallest absolute Gasteiger partial charge is 0.237 e. The molecule has 2 aromatic heterocycles. The first-order valence-electron chi connectivity index (χ1n) is 6.30. The molecule has 112 valence electrons. The van der Waals surface area contributed by atoms with E-state index in [1.54, 1.807) is 16.9 Å². The van der Waals surface area contributed by atoms with Crippen LogP contribution in [0.5, 0.6) is 0 Å². The molecule has 2 heterocycles. The summed E-state index contributed by atoms with van der Waals surface area (Å²) in [4.78, 5) is 4.94. The minimum absolute atomic E-state index is 0.514. The molecule has 0 aliphatic carbocycles. The van der Waals surface area contributed by atoms with Crippen molar-refractivity contribution in [2.45, 2.75) is 18.7 Å². The average Bonchev–Trinajstić information content (AvgIpc) is 3.05. The maximum absolute atomic E-state index is 6.20. The van der Waals surface area contributed by atoms with Gasteiger partial charge in [0, 0.05) is 16.4 Å². The summed E-state index contributed by atoms with van der Waals surface area (Å²) >= 11 is 11.7. The first kappa shape index (κ1) is 15.1. The summed E-state index contributed by atoms with van der Waals surface area (Å²) in [5.74, 6) is 0.684. The topological polar surface area (TPSA) is 68.3 Å². The SMILES string of the molecule is Cc1nsc(N=Nc2cn(-c3cc(S)ccc3Cl)nc2C)n1. The lowest BCUT2D eigenvalue weighted by molar-refractivity contribution is 0.860. The molecule has 0 saturated heterocycles. The third kappa shape index (κ3) is 3.18. The number of nitrogens with zero attached hydrogens (tertiary/aromatic N) is 6. The minimum atomic E-state index is 0.514. The summed E-state index contributed by atoms with van der Waals surface area (Å²) in [5, 5.41) is 13.8. The quantitative estimate of drug-likeness (QED) is 0.550. The van der Waals surface area contributed by atoms with Gasteiger partial charge in [0.1, 0.15) is 11.5 Å². The molecule has 0 atom stereocenters. The van der Waals surface area contributed by atoms with Gasteiger partial charge in [-0.25, -0.2) is 9.67 Å². The average molecular weight is 351 g/mol. The molecule has 6 nitrogen and oxygen atoms in total. The van der Waals surface area contributed by atoms with Crippen molar-refractivity contribution in [3.05, 3.63) is 40.9 Å². The first-order chi connectivity index (χ1) is 10.5. The van der Waals surface area contributed by atoms with Crippen molar-refractivity contribution >= 4 is 46.6 Å². The van der Waals surface area contributed by atoms with Crippen LogP contribution in [0.2, 0.25) is 5.02 Å². The summed E-state index contributed by atoms with van der Waals surface area (Å²) in [6.07, 6.45) is 1.77. The molecule has 0 radical (unpaired) electrons. The van der Waals surface area contributed by atoms with E-state index >= 15 is 0 Å². The molecule has 3 rings (SSSR count). The Morgan fingerprint density at radius 2 is 2.09 bits per heavy atom. The van der Waals surface area contributed by atoms with Crippen LogP contribution in [-0.4, -0.2) is 19.1 Å². The Balaban J connectivity index is 1.94. The maximum Gasteiger partial charge on any atom is 0.249 e. The van der Waals surface area contributed by atoms with Crippen LogP contribution in [0.3, 0.4) is 0 Å². The van der Waals surface area contributed by atoms with Gasteiger partial charge in [-0.05, 0) is 32.0 Å². The normalized spacial score (nSPS) is 11.5. The van der Waals surface area contributed by atoms with Crippen LogP contribution < -0.4 is 0 Å². The number of thiol groups is 1. The van der Waals surface area contributed by atoms with Gasteiger partial charge >= 0.3 is 0 Å².